The third-order valence-electron chi connectivity index (χ3n) is 3.67. The Bertz CT molecular complexity index is 760. The fraction of sp³-hybridized carbons (Fsp3) is 0.389. The minimum Gasteiger partial charge on any atom is -0.325 e. The van der Waals surface area contributed by atoms with Crippen LogP contribution in [0.1, 0.15) is 37.6 Å². The number of carbonyl (C=O) groups excluding carboxylic acids is 2. The zero-order chi connectivity index (χ0) is 17.9. The molecule has 1 heterocycles. The van der Waals surface area contributed by atoms with Crippen molar-refractivity contribution in [3.05, 3.63) is 40.4 Å². The number of amides is 2. The molecule has 0 saturated heterocycles. The van der Waals surface area contributed by atoms with Crippen LogP contribution in [0.25, 0.3) is 0 Å². The van der Waals surface area contributed by atoms with E-state index in [1.165, 1.54) is 11.3 Å². The van der Waals surface area contributed by atoms with Crippen molar-refractivity contribution in [2.75, 3.05) is 10.6 Å². The van der Waals surface area contributed by atoms with Crippen LogP contribution in [0.4, 0.5) is 10.8 Å². The normalized spacial score (nSPS) is 11.2. The number of anilines is 2. The van der Waals surface area contributed by atoms with Crippen molar-refractivity contribution < 1.29 is 9.59 Å². The number of hydrogen-bond donors (Lipinski definition) is 2. The van der Waals surface area contributed by atoms with Gasteiger partial charge in [-0.25, -0.2) is 4.98 Å². The summed E-state index contributed by atoms with van der Waals surface area (Å²) in [6, 6.07) is 5.81. The summed E-state index contributed by atoms with van der Waals surface area (Å²) in [5.41, 5.74) is 3.17. The van der Waals surface area contributed by atoms with Crippen molar-refractivity contribution in [2.24, 2.45) is 5.41 Å². The first-order valence-electron chi connectivity index (χ1n) is 7.79. The Labute approximate surface area is 146 Å². The highest BCUT2D eigenvalue weighted by Gasteiger charge is 2.22. The molecule has 0 unspecified atom stereocenters. The number of hydrogen-bond acceptors (Lipinski definition) is 4. The average molecular weight is 345 g/mol. The molecule has 0 aliphatic carbocycles. The minimum atomic E-state index is -0.480. The molecule has 0 saturated carbocycles. The summed E-state index contributed by atoms with van der Waals surface area (Å²) in [6.07, 6.45) is 0.176. The molecule has 1 aromatic heterocycles. The molecule has 0 aliphatic rings. The summed E-state index contributed by atoms with van der Waals surface area (Å²) < 4.78 is 0. The standard InChI is InChI=1S/C18H23N3O2S/c1-11-7-6-8-14(12(11)2)20-15(22)9-13-10-24-17(19-13)21-16(23)18(3,4)5/h6-8,10H,9H2,1-5H3,(H,20,22)(H,19,21,23). The predicted octanol–water partition coefficient (Wildman–Crippen LogP) is 3.93. The summed E-state index contributed by atoms with van der Waals surface area (Å²) in [5.74, 6) is -0.217. The molecule has 2 rings (SSSR count). The molecule has 0 atom stereocenters. The van der Waals surface area contributed by atoms with Crippen LogP contribution in [-0.4, -0.2) is 16.8 Å². The number of benzene rings is 1. The first-order valence-corrected chi connectivity index (χ1v) is 8.66. The SMILES string of the molecule is Cc1cccc(NC(=O)Cc2csc(NC(=O)C(C)(C)C)n2)c1C. The van der Waals surface area contributed by atoms with Gasteiger partial charge in [0.2, 0.25) is 11.8 Å². The molecule has 0 fully saturated rings. The van der Waals surface area contributed by atoms with E-state index in [-0.39, 0.29) is 18.2 Å². The van der Waals surface area contributed by atoms with Crippen LogP contribution < -0.4 is 10.6 Å². The van der Waals surface area contributed by atoms with Crippen LogP contribution in [0.2, 0.25) is 0 Å². The van der Waals surface area contributed by atoms with Crippen molar-refractivity contribution in [1.29, 1.82) is 0 Å². The largest absolute Gasteiger partial charge is 0.325 e. The lowest BCUT2D eigenvalue weighted by Crippen LogP contribution is -2.27. The Morgan fingerprint density at radius 1 is 1.17 bits per heavy atom. The Morgan fingerprint density at radius 2 is 1.88 bits per heavy atom. The van der Waals surface area contributed by atoms with Crippen molar-refractivity contribution in [3.8, 4) is 0 Å². The van der Waals surface area contributed by atoms with Crippen molar-refractivity contribution in [2.45, 2.75) is 41.0 Å². The van der Waals surface area contributed by atoms with Gasteiger partial charge in [-0.2, -0.15) is 0 Å². The highest BCUT2D eigenvalue weighted by Crippen LogP contribution is 2.22. The number of aromatic nitrogens is 1. The second-order valence-electron chi connectivity index (χ2n) is 6.82. The van der Waals surface area contributed by atoms with E-state index >= 15 is 0 Å². The average Bonchev–Trinajstić information content (AvgIpc) is 2.90. The van der Waals surface area contributed by atoms with Gasteiger partial charge in [-0.3, -0.25) is 9.59 Å². The van der Waals surface area contributed by atoms with Gasteiger partial charge in [-0.15, -0.1) is 11.3 Å². The van der Waals surface area contributed by atoms with Gasteiger partial charge >= 0.3 is 0 Å². The maximum atomic E-state index is 12.2. The first-order chi connectivity index (χ1) is 11.2. The third kappa shape index (κ3) is 4.64. The van der Waals surface area contributed by atoms with E-state index in [4.69, 9.17) is 0 Å². The highest BCUT2D eigenvalue weighted by atomic mass is 32.1. The number of rotatable bonds is 4. The lowest BCUT2D eigenvalue weighted by Gasteiger charge is -2.15. The second-order valence-corrected chi connectivity index (χ2v) is 7.68. The fourth-order valence-electron chi connectivity index (χ4n) is 1.98. The number of carbonyl (C=O) groups is 2. The van der Waals surface area contributed by atoms with E-state index in [0.717, 1.165) is 16.8 Å². The van der Waals surface area contributed by atoms with E-state index in [2.05, 4.69) is 15.6 Å². The molecule has 24 heavy (non-hydrogen) atoms. The fourth-order valence-corrected chi connectivity index (χ4v) is 2.68. The molecular weight excluding hydrogens is 322 g/mol. The van der Waals surface area contributed by atoms with E-state index in [0.29, 0.717) is 10.8 Å². The van der Waals surface area contributed by atoms with Crippen LogP contribution in [-0.2, 0) is 16.0 Å². The van der Waals surface area contributed by atoms with E-state index in [1.54, 1.807) is 5.38 Å². The zero-order valence-electron chi connectivity index (χ0n) is 14.7. The topological polar surface area (TPSA) is 71.1 Å². The summed E-state index contributed by atoms with van der Waals surface area (Å²) in [5, 5.41) is 8.00. The van der Waals surface area contributed by atoms with Gasteiger partial charge in [-0.05, 0) is 31.0 Å². The van der Waals surface area contributed by atoms with Gasteiger partial charge in [0.1, 0.15) is 0 Å². The van der Waals surface area contributed by atoms with E-state index in [1.807, 2.05) is 52.8 Å². The smallest absolute Gasteiger partial charge is 0.231 e. The molecule has 1 aromatic carbocycles. The molecule has 2 aromatic rings. The van der Waals surface area contributed by atoms with Crippen LogP contribution in [0.15, 0.2) is 23.6 Å². The van der Waals surface area contributed by atoms with Crippen molar-refractivity contribution in [1.82, 2.24) is 4.98 Å². The predicted molar refractivity (Wildman–Crippen MR) is 98.4 cm³/mol. The molecule has 2 amide bonds. The molecule has 0 radical (unpaired) electrons. The van der Waals surface area contributed by atoms with Gasteiger partial charge in [0.25, 0.3) is 0 Å². The molecule has 128 valence electrons. The van der Waals surface area contributed by atoms with Gasteiger partial charge in [0, 0.05) is 16.5 Å². The summed E-state index contributed by atoms with van der Waals surface area (Å²) >= 11 is 1.32. The van der Waals surface area contributed by atoms with Gasteiger partial charge in [0.05, 0.1) is 12.1 Å². The van der Waals surface area contributed by atoms with Crippen LogP contribution in [0.3, 0.4) is 0 Å². The Morgan fingerprint density at radius 3 is 2.54 bits per heavy atom. The van der Waals surface area contributed by atoms with E-state index < -0.39 is 5.41 Å². The quantitative estimate of drug-likeness (QED) is 0.882. The molecule has 6 heteroatoms. The lowest BCUT2D eigenvalue weighted by atomic mass is 9.96. The molecule has 0 aliphatic heterocycles. The highest BCUT2D eigenvalue weighted by molar-refractivity contribution is 7.13. The maximum Gasteiger partial charge on any atom is 0.231 e. The van der Waals surface area contributed by atoms with Gasteiger partial charge in [-0.1, -0.05) is 32.9 Å². The minimum absolute atomic E-state index is 0.0942. The van der Waals surface area contributed by atoms with Gasteiger partial charge < -0.3 is 10.6 Å². The molecule has 2 N–H and O–H groups in total. The number of aryl methyl sites for hydroxylation is 1. The Hall–Kier alpha value is -2.21. The molecule has 0 bridgehead atoms. The van der Waals surface area contributed by atoms with E-state index in [9.17, 15) is 9.59 Å². The summed E-state index contributed by atoms with van der Waals surface area (Å²) in [4.78, 5) is 28.5. The number of thiazole rings is 1. The van der Waals surface area contributed by atoms with Crippen molar-refractivity contribution in [3.63, 3.8) is 0 Å². The van der Waals surface area contributed by atoms with Crippen LogP contribution in [0, 0.1) is 19.3 Å². The third-order valence-corrected chi connectivity index (χ3v) is 4.48. The molecule has 5 nitrogen and oxygen atoms in total. The molecular formula is C18H23N3O2S. The Balaban J connectivity index is 1.98. The second kappa shape index (κ2) is 7.13. The number of nitrogens with zero attached hydrogens (tertiary/aromatic N) is 1. The monoisotopic (exact) mass is 345 g/mol. The Kier molecular flexibility index (Phi) is 5.39. The first kappa shape index (κ1) is 18.1. The van der Waals surface area contributed by atoms with Crippen molar-refractivity contribution >= 4 is 34.0 Å². The summed E-state index contributed by atoms with van der Waals surface area (Å²) in [6.45, 7) is 9.51. The zero-order valence-corrected chi connectivity index (χ0v) is 15.5. The molecule has 0 spiro atoms. The lowest BCUT2D eigenvalue weighted by molar-refractivity contribution is -0.123. The van der Waals surface area contributed by atoms with Gasteiger partial charge in [0.15, 0.2) is 5.13 Å². The van der Waals surface area contributed by atoms with Crippen LogP contribution in [0.5, 0.6) is 0 Å². The van der Waals surface area contributed by atoms with Crippen LogP contribution >= 0.6 is 11.3 Å². The summed E-state index contributed by atoms with van der Waals surface area (Å²) in [7, 11) is 0. The number of nitrogens with one attached hydrogen (secondary N) is 2. The maximum absolute atomic E-state index is 12.2.